The van der Waals surface area contributed by atoms with Gasteiger partial charge >= 0.3 is 0 Å². The summed E-state index contributed by atoms with van der Waals surface area (Å²) >= 11 is 1.38. The van der Waals surface area contributed by atoms with E-state index in [2.05, 4.69) is 10.6 Å². The molecule has 1 atom stereocenters. The van der Waals surface area contributed by atoms with Crippen molar-refractivity contribution in [2.45, 2.75) is 18.9 Å². The van der Waals surface area contributed by atoms with Crippen LogP contribution in [0, 0.1) is 0 Å². The van der Waals surface area contributed by atoms with Crippen molar-refractivity contribution in [3.05, 3.63) is 76.4 Å². The summed E-state index contributed by atoms with van der Waals surface area (Å²) in [5.41, 5.74) is 1.12. The quantitative estimate of drug-likeness (QED) is 0.561. The van der Waals surface area contributed by atoms with Crippen LogP contribution in [0.4, 0.5) is 5.69 Å². The fourth-order valence-electron chi connectivity index (χ4n) is 3.75. The largest absolute Gasteiger partial charge is 0.463 e. The highest BCUT2D eigenvalue weighted by molar-refractivity contribution is 7.12. The fourth-order valence-corrected chi connectivity index (χ4v) is 4.37. The summed E-state index contributed by atoms with van der Waals surface area (Å²) in [4.78, 5) is 27.0. The molecule has 0 bridgehead atoms. The topological polar surface area (TPSA) is 75.8 Å². The van der Waals surface area contributed by atoms with Crippen molar-refractivity contribution in [2.24, 2.45) is 0 Å². The Labute approximate surface area is 173 Å². The molecule has 0 spiro atoms. The standard InChI is InChI=1S/C22H23N3O3S/c26-21(23-15-18(19-8-4-12-28-19)25-10-1-2-11-25)16-6-3-7-17(14-16)24-22(27)20-9-5-13-29-20/h3-9,12-14,18H,1-2,10-11,15H2,(H,23,26)(H,24,27)/p+1/t18-/m0/s1. The first-order chi connectivity index (χ1) is 14.2. The molecule has 1 aliphatic rings. The van der Waals surface area contributed by atoms with Gasteiger partial charge in [0.2, 0.25) is 0 Å². The third kappa shape index (κ3) is 4.75. The van der Waals surface area contributed by atoms with E-state index in [9.17, 15) is 9.59 Å². The van der Waals surface area contributed by atoms with Crippen molar-refractivity contribution < 1.29 is 18.9 Å². The molecule has 2 aromatic heterocycles. The van der Waals surface area contributed by atoms with E-state index in [0.717, 1.165) is 18.8 Å². The zero-order valence-corrected chi connectivity index (χ0v) is 16.8. The van der Waals surface area contributed by atoms with Crippen LogP contribution in [0.5, 0.6) is 0 Å². The fraction of sp³-hybridized carbons (Fsp3) is 0.273. The molecule has 7 heteroatoms. The number of carbonyl (C=O) groups is 2. The Bertz CT molecular complexity index is 948. The van der Waals surface area contributed by atoms with Gasteiger partial charge in [0.1, 0.15) is 0 Å². The summed E-state index contributed by atoms with van der Waals surface area (Å²) in [5, 5.41) is 7.74. The molecule has 150 valence electrons. The van der Waals surface area contributed by atoms with E-state index in [-0.39, 0.29) is 17.9 Å². The lowest BCUT2D eigenvalue weighted by Gasteiger charge is -2.23. The van der Waals surface area contributed by atoms with Crippen LogP contribution in [0.2, 0.25) is 0 Å². The average Bonchev–Trinajstić information content (AvgIpc) is 3.51. The van der Waals surface area contributed by atoms with Crippen molar-refractivity contribution in [2.75, 3.05) is 25.0 Å². The first kappa shape index (κ1) is 19.4. The summed E-state index contributed by atoms with van der Waals surface area (Å²) in [5.74, 6) is 0.569. The minimum absolute atomic E-state index is 0.109. The van der Waals surface area contributed by atoms with Crippen LogP contribution >= 0.6 is 11.3 Å². The summed E-state index contributed by atoms with van der Waals surface area (Å²) in [6.45, 7) is 2.68. The first-order valence-corrected chi connectivity index (χ1v) is 10.7. The Hall–Kier alpha value is -2.90. The van der Waals surface area contributed by atoms with Crippen LogP contribution in [0.3, 0.4) is 0 Å². The van der Waals surface area contributed by atoms with Crippen molar-refractivity contribution in [1.82, 2.24) is 5.32 Å². The molecule has 2 amide bonds. The van der Waals surface area contributed by atoms with E-state index in [0.29, 0.717) is 22.7 Å². The molecule has 29 heavy (non-hydrogen) atoms. The van der Waals surface area contributed by atoms with Gasteiger partial charge in [0, 0.05) is 24.1 Å². The second-order valence-corrected chi connectivity index (χ2v) is 8.10. The number of anilines is 1. The van der Waals surface area contributed by atoms with Gasteiger partial charge in [-0.05, 0) is 41.8 Å². The maximum Gasteiger partial charge on any atom is 0.265 e. The van der Waals surface area contributed by atoms with E-state index < -0.39 is 0 Å². The molecule has 0 aliphatic carbocycles. The molecule has 0 saturated carbocycles. The second kappa shape index (κ2) is 9.07. The number of hydrogen-bond donors (Lipinski definition) is 3. The normalized spacial score (nSPS) is 15.2. The van der Waals surface area contributed by atoms with Gasteiger partial charge in [0.15, 0.2) is 11.8 Å². The molecule has 3 N–H and O–H groups in total. The summed E-state index contributed by atoms with van der Waals surface area (Å²) in [7, 11) is 0. The minimum atomic E-state index is -0.173. The average molecular weight is 411 g/mol. The van der Waals surface area contributed by atoms with Crippen molar-refractivity contribution in [3.63, 3.8) is 0 Å². The molecule has 1 saturated heterocycles. The summed E-state index contributed by atoms with van der Waals surface area (Å²) < 4.78 is 5.63. The van der Waals surface area contributed by atoms with Gasteiger partial charge in [0.05, 0.1) is 30.8 Å². The molecular weight excluding hydrogens is 386 g/mol. The van der Waals surface area contributed by atoms with E-state index >= 15 is 0 Å². The van der Waals surface area contributed by atoms with E-state index in [1.54, 1.807) is 36.6 Å². The molecule has 3 heterocycles. The number of rotatable bonds is 7. The minimum Gasteiger partial charge on any atom is -0.463 e. The Morgan fingerprint density at radius 3 is 2.66 bits per heavy atom. The van der Waals surface area contributed by atoms with Gasteiger partial charge in [-0.2, -0.15) is 0 Å². The van der Waals surface area contributed by atoms with Crippen LogP contribution in [0.25, 0.3) is 0 Å². The maximum absolute atomic E-state index is 12.7. The first-order valence-electron chi connectivity index (χ1n) is 9.82. The van der Waals surface area contributed by atoms with Gasteiger partial charge in [-0.15, -0.1) is 11.3 Å². The van der Waals surface area contributed by atoms with Gasteiger partial charge in [0.25, 0.3) is 11.8 Å². The van der Waals surface area contributed by atoms with E-state index in [1.165, 1.54) is 29.1 Å². The predicted molar refractivity (Wildman–Crippen MR) is 112 cm³/mol. The zero-order chi connectivity index (χ0) is 20.1. The van der Waals surface area contributed by atoms with Crippen molar-refractivity contribution in [3.8, 4) is 0 Å². The lowest BCUT2D eigenvalue weighted by atomic mass is 10.1. The highest BCUT2D eigenvalue weighted by Gasteiger charge is 2.29. The number of furan rings is 1. The second-order valence-electron chi connectivity index (χ2n) is 7.16. The molecule has 4 rings (SSSR count). The van der Waals surface area contributed by atoms with Crippen LogP contribution in [0.15, 0.2) is 64.6 Å². The third-order valence-corrected chi connectivity index (χ3v) is 6.09. The van der Waals surface area contributed by atoms with E-state index in [4.69, 9.17) is 4.42 Å². The highest BCUT2D eigenvalue weighted by Crippen LogP contribution is 2.16. The van der Waals surface area contributed by atoms with Crippen LogP contribution in [-0.2, 0) is 0 Å². The van der Waals surface area contributed by atoms with Crippen LogP contribution < -0.4 is 15.5 Å². The monoisotopic (exact) mass is 410 g/mol. The zero-order valence-electron chi connectivity index (χ0n) is 16.0. The molecule has 6 nitrogen and oxygen atoms in total. The lowest BCUT2D eigenvalue weighted by Crippen LogP contribution is -3.11. The number of carbonyl (C=O) groups excluding carboxylic acids is 2. The number of benzene rings is 1. The molecule has 0 radical (unpaired) electrons. The number of thiophene rings is 1. The molecule has 3 aromatic rings. The summed E-state index contributed by atoms with van der Waals surface area (Å²) in [6, 6.07) is 14.6. The number of amides is 2. The Morgan fingerprint density at radius 2 is 1.93 bits per heavy atom. The van der Waals surface area contributed by atoms with Crippen LogP contribution in [-0.4, -0.2) is 31.4 Å². The van der Waals surface area contributed by atoms with Crippen molar-refractivity contribution in [1.29, 1.82) is 0 Å². The molecule has 0 unspecified atom stereocenters. The maximum atomic E-state index is 12.7. The van der Waals surface area contributed by atoms with E-state index in [1.807, 2.05) is 23.6 Å². The van der Waals surface area contributed by atoms with Crippen LogP contribution in [0.1, 0.15) is 44.7 Å². The molecule has 1 aliphatic heterocycles. The number of hydrogen-bond acceptors (Lipinski definition) is 4. The number of likely N-dealkylation sites (tertiary alicyclic amines) is 1. The predicted octanol–water partition coefficient (Wildman–Crippen LogP) is 2.74. The SMILES string of the molecule is O=C(NC[C@@H](c1ccco1)[NH+]1CCCC1)c1cccc(NC(=O)c2cccs2)c1. The third-order valence-electron chi connectivity index (χ3n) is 5.22. The van der Waals surface area contributed by atoms with Gasteiger partial charge in [-0.1, -0.05) is 12.1 Å². The highest BCUT2D eigenvalue weighted by atomic mass is 32.1. The van der Waals surface area contributed by atoms with Crippen molar-refractivity contribution >= 4 is 28.8 Å². The van der Waals surface area contributed by atoms with Gasteiger partial charge in [-0.3, -0.25) is 9.59 Å². The smallest absolute Gasteiger partial charge is 0.265 e. The van der Waals surface area contributed by atoms with Gasteiger partial charge < -0.3 is 20.0 Å². The Morgan fingerprint density at radius 1 is 1.07 bits per heavy atom. The Kier molecular flexibility index (Phi) is 6.07. The number of nitrogens with one attached hydrogen (secondary N) is 3. The molecule has 1 aromatic carbocycles. The van der Waals surface area contributed by atoms with Gasteiger partial charge in [-0.25, -0.2) is 0 Å². The summed E-state index contributed by atoms with van der Waals surface area (Å²) in [6.07, 6.45) is 4.08. The molecule has 1 fully saturated rings. The number of quaternary nitrogens is 1. The lowest BCUT2D eigenvalue weighted by molar-refractivity contribution is -0.919. The Balaban J connectivity index is 1.40. The molecular formula is C22H24N3O3S+.